The van der Waals surface area contributed by atoms with Crippen molar-refractivity contribution in [1.82, 2.24) is 0 Å². The van der Waals surface area contributed by atoms with Gasteiger partial charge in [-0.1, -0.05) is 6.58 Å². The normalized spacial score (nSPS) is 34.4. The molecule has 3 heterocycles. The van der Waals surface area contributed by atoms with Crippen molar-refractivity contribution in [1.29, 1.82) is 0 Å². The standard InChI is InChI=1S/C14H16O8/c1-6(5-15)13(17)19-3-2-9(16)21-11-8-4-7-10(20-8)12(11)22-14(7)18/h7-8,10-12,15H,1-5H2. The van der Waals surface area contributed by atoms with Gasteiger partial charge in [0.1, 0.15) is 12.7 Å². The molecule has 0 radical (unpaired) electrons. The highest BCUT2D eigenvalue weighted by Gasteiger charge is 2.65. The molecule has 0 amide bonds. The number of hydrogen-bond donors (Lipinski definition) is 1. The molecule has 0 spiro atoms. The number of carbonyl (C=O) groups is 3. The van der Waals surface area contributed by atoms with Crippen molar-refractivity contribution in [3.05, 3.63) is 12.2 Å². The molecule has 3 aliphatic rings. The molecule has 0 aromatic rings. The van der Waals surface area contributed by atoms with Crippen molar-refractivity contribution in [3.8, 4) is 0 Å². The van der Waals surface area contributed by atoms with Crippen molar-refractivity contribution >= 4 is 17.9 Å². The van der Waals surface area contributed by atoms with E-state index in [9.17, 15) is 14.4 Å². The van der Waals surface area contributed by atoms with Gasteiger partial charge in [0.05, 0.1) is 30.6 Å². The maximum Gasteiger partial charge on any atom is 0.335 e. The Hall–Kier alpha value is -1.93. The van der Waals surface area contributed by atoms with Gasteiger partial charge in [-0.05, 0) is 6.42 Å². The van der Waals surface area contributed by atoms with E-state index in [0.717, 1.165) is 0 Å². The lowest BCUT2D eigenvalue weighted by Crippen LogP contribution is -2.40. The fourth-order valence-corrected chi connectivity index (χ4v) is 2.99. The van der Waals surface area contributed by atoms with Crippen molar-refractivity contribution < 1.29 is 38.4 Å². The molecule has 0 aliphatic carbocycles. The number of fused-ring (bicyclic) bond motifs is 1. The Labute approximate surface area is 126 Å². The van der Waals surface area contributed by atoms with E-state index in [0.29, 0.717) is 6.42 Å². The lowest BCUT2D eigenvalue weighted by Gasteiger charge is -2.22. The SMILES string of the molecule is C=C(CO)C(=O)OCCC(=O)OC1C2CC3C(=O)OC1C3O2. The Morgan fingerprint density at radius 3 is 2.86 bits per heavy atom. The van der Waals surface area contributed by atoms with Gasteiger partial charge in [0.2, 0.25) is 0 Å². The van der Waals surface area contributed by atoms with Crippen LogP contribution in [0.5, 0.6) is 0 Å². The molecule has 8 heteroatoms. The van der Waals surface area contributed by atoms with Gasteiger partial charge >= 0.3 is 17.9 Å². The number of ether oxygens (including phenoxy) is 4. The van der Waals surface area contributed by atoms with E-state index >= 15 is 0 Å². The van der Waals surface area contributed by atoms with E-state index in [1.807, 2.05) is 0 Å². The molecule has 3 aliphatic heterocycles. The first-order valence-electron chi connectivity index (χ1n) is 7.02. The van der Waals surface area contributed by atoms with Gasteiger partial charge in [0.25, 0.3) is 0 Å². The maximum absolute atomic E-state index is 11.8. The molecular formula is C14H16O8. The number of aliphatic hydroxyl groups excluding tert-OH is 1. The summed E-state index contributed by atoms with van der Waals surface area (Å²) in [5, 5.41) is 8.70. The van der Waals surface area contributed by atoms with Crippen LogP contribution in [0.4, 0.5) is 0 Å². The van der Waals surface area contributed by atoms with Crippen LogP contribution >= 0.6 is 0 Å². The maximum atomic E-state index is 11.8. The third-order valence-corrected chi connectivity index (χ3v) is 4.07. The minimum atomic E-state index is -0.758. The average molecular weight is 312 g/mol. The monoisotopic (exact) mass is 312 g/mol. The first-order chi connectivity index (χ1) is 10.5. The molecule has 0 aromatic carbocycles. The van der Waals surface area contributed by atoms with Gasteiger partial charge in [0, 0.05) is 0 Å². The topological polar surface area (TPSA) is 108 Å². The van der Waals surface area contributed by atoms with Crippen molar-refractivity contribution in [3.63, 3.8) is 0 Å². The molecular weight excluding hydrogens is 296 g/mol. The molecule has 8 nitrogen and oxygen atoms in total. The summed E-state index contributed by atoms with van der Waals surface area (Å²) < 4.78 is 20.8. The van der Waals surface area contributed by atoms with Crippen LogP contribution in [0.2, 0.25) is 0 Å². The molecule has 3 fully saturated rings. The van der Waals surface area contributed by atoms with Crippen LogP contribution in [0.15, 0.2) is 12.2 Å². The molecule has 3 rings (SSSR count). The summed E-state index contributed by atoms with van der Waals surface area (Å²) in [6.07, 6.45) is -1.39. The molecule has 2 bridgehead atoms. The van der Waals surface area contributed by atoms with E-state index in [4.69, 9.17) is 24.1 Å². The second-order valence-electron chi connectivity index (χ2n) is 5.48. The van der Waals surface area contributed by atoms with E-state index in [1.54, 1.807) is 0 Å². The van der Waals surface area contributed by atoms with Crippen LogP contribution in [-0.2, 0) is 33.3 Å². The summed E-state index contributed by atoms with van der Waals surface area (Å²) in [4.78, 5) is 34.5. The van der Waals surface area contributed by atoms with Crippen molar-refractivity contribution in [2.75, 3.05) is 13.2 Å². The van der Waals surface area contributed by atoms with E-state index in [-0.39, 0.29) is 42.7 Å². The van der Waals surface area contributed by atoms with E-state index < -0.39 is 30.8 Å². The Morgan fingerprint density at radius 1 is 1.36 bits per heavy atom. The van der Waals surface area contributed by atoms with Crippen LogP contribution in [0.3, 0.4) is 0 Å². The van der Waals surface area contributed by atoms with Gasteiger partial charge in [-0.2, -0.15) is 0 Å². The predicted octanol–water partition coefficient (Wildman–Crippen LogP) is -0.907. The fraction of sp³-hybridized carbons (Fsp3) is 0.643. The number of aliphatic hydroxyl groups is 1. The van der Waals surface area contributed by atoms with Crippen LogP contribution in [-0.4, -0.2) is 60.6 Å². The Kier molecular flexibility index (Phi) is 3.88. The van der Waals surface area contributed by atoms with Crippen LogP contribution in [0, 0.1) is 5.92 Å². The van der Waals surface area contributed by atoms with Gasteiger partial charge in [0.15, 0.2) is 12.2 Å². The second kappa shape index (κ2) is 5.69. The largest absolute Gasteiger partial charge is 0.462 e. The summed E-state index contributed by atoms with van der Waals surface area (Å²) >= 11 is 0. The lowest BCUT2D eigenvalue weighted by molar-refractivity contribution is -0.162. The highest BCUT2D eigenvalue weighted by molar-refractivity contribution is 5.88. The smallest absolute Gasteiger partial charge is 0.335 e. The minimum absolute atomic E-state index is 0.0845. The zero-order valence-corrected chi connectivity index (χ0v) is 11.7. The van der Waals surface area contributed by atoms with Crippen LogP contribution in [0.1, 0.15) is 12.8 Å². The predicted molar refractivity (Wildman–Crippen MR) is 68.3 cm³/mol. The molecule has 5 atom stereocenters. The highest BCUT2D eigenvalue weighted by Crippen LogP contribution is 2.47. The number of hydrogen-bond acceptors (Lipinski definition) is 8. The van der Waals surface area contributed by atoms with E-state index in [1.165, 1.54) is 0 Å². The Morgan fingerprint density at radius 2 is 2.14 bits per heavy atom. The van der Waals surface area contributed by atoms with Crippen molar-refractivity contribution in [2.45, 2.75) is 37.3 Å². The number of esters is 3. The first kappa shape index (κ1) is 15.0. The van der Waals surface area contributed by atoms with Crippen molar-refractivity contribution in [2.24, 2.45) is 5.92 Å². The van der Waals surface area contributed by atoms with Crippen LogP contribution in [0.25, 0.3) is 0 Å². The second-order valence-corrected chi connectivity index (χ2v) is 5.48. The number of rotatable bonds is 6. The highest BCUT2D eigenvalue weighted by atomic mass is 16.7. The summed E-state index contributed by atoms with van der Waals surface area (Å²) in [6, 6.07) is 0. The summed E-state index contributed by atoms with van der Waals surface area (Å²) in [5.41, 5.74) is -0.0845. The quantitative estimate of drug-likeness (QED) is 0.381. The Balaban J connectivity index is 1.44. The molecule has 5 unspecified atom stereocenters. The van der Waals surface area contributed by atoms with Crippen LogP contribution < -0.4 is 0 Å². The molecule has 0 aromatic heterocycles. The van der Waals surface area contributed by atoms with Gasteiger partial charge in [-0.3, -0.25) is 9.59 Å². The fourth-order valence-electron chi connectivity index (χ4n) is 2.99. The van der Waals surface area contributed by atoms with Gasteiger partial charge in [-0.15, -0.1) is 0 Å². The number of carbonyl (C=O) groups excluding carboxylic acids is 3. The third-order valence-electron chi connectivity index (χ3n) is 4.07. The summed E-state index contributed by atoms with van der Waals surface area (Å²) in [7, 11) is 0. The van der Waals surface area contributed by atoms with Gasteiger partial charge < -0.3 is 24.1 Å². The third kappa shape index (κ3) is 2.48. The molecule has 0 saturated carbocycles. The zero-order valence-electron chi connectivity index (χ0n) is 11.7. The molecule has 120 valence electrons. The summed E-state index contributed by atoms with van der Waals surface area (Å²) in [6.45, 7) is 2.63. The van der Waals surface area contributed by atoms with E-state index in [2.05, 4.69) is 6.58 Å². The average Bonchev–Trinajstić information content (AvgIpc) is 3.11. The molecule has 22 heavy (non-hydrogen) atoms. The molecule has 1 N–H and O–H groups in total. The van der Waals surface area contributed by atoms with Gasteiger partial charge in [-0.25, -0.2) is 4.79 Å². The summed E-state index contributed by atoms with van der Waals surface area (Å²) in [5.74, 6) is -1.86. The molecule has 3 saturated heterocycles. The lowest BCUT2D eigenvalue weighted by atomic mass is 9.88. The zero-order chi connectivity index (χ0) is 15.9. The Bertz CT molecular complexity index is 527. The minimum Gasteiger partial charge on any atom is -0.462 e. The first-order valence-corrected chi connectivity index (χ1v) is 7.02.